The normalized spacial score (nSPS) is 12.2. The van der Waals surface area contributed by atoms with E-state index in [1.807, 2.05) is 36.4 Å². The molecule has 0 atom stereocenters. The number of carbonyl (C=O) groups excluding carboxylic acids is 1. The molecule has 1 aliphatic heterocycles. The average Bonchev–Trinajstić information content (AvgIpc) is 3.01. The van der Waals surface area contributed by atoms with Crippen molar-refractivity contribution in [2.24, 2.45) is 4.99 Å². The minimum Gasteiger partial charge on any atom is -0.490 e. The maximum atomic E-state index is 12.6. The SMILES string of the molecule is COCCOc1cc2c(cc1C#Cc1ccccc1)NC(=O)CC(c1cccc(C#N)c1)=N2. The van der Waals surface area contributed by atoms with E-state index in [4.69, 9.17) is 14.5 Å². The molecule has 0 bridgehead atoms. The fourth-order valence-electron chi connectivity index (χ4n) is 3.34. The van der Waals surface area contributed by atoms with Crippen molar-refractivity contribution >= 4 is 23.0 Å². The van der Waals surface area contributed by atoms with Gasteiger partial charge in [0.2, 0.25) is 5.91 Å². The largest absolute Gasteiger partial charge is 0.490 e. The second kappa shape index (κ2) is 10.3. The summed E-state index contributed by atoms with van der Waals surface area (Å²) in [7, 11) is 1.61. The number of nitriles is 1. The standard InChI is InChI=1S/C27H21N3O3/c1-32-12-13-33-26-16-25-24(15-22(26)11-10-19-6-3-2-4-7-19)30-27(31)17-23(29-25)21-9-5-8-20(14-21)18-28/h2-9,14-16H,12-13,17H2,1H3,(H,30,31). The van der Waals surface area contributed by atoms with Crippen molar-refractivity contribution < 1.29 is 14.3 Å². The summed E-state index contributed by atoms with van der Waals surface area (Å²) in [5.41, 5.74) is 4.45. The van der Waals surface area contributed by atoms with Crippen LogP contribution in [0.5, 0.6) is 5.75 Å². The van der Waals surface area contributed by atoms with Gasteiger partial charge in [0.15, 0.2) is 0 Å². The number of amides is 1. The molecule has 6 heteroatoms. The van der Waals surface area contributed by atoms with E-state index in [9.17, 15) is 10.1 Å². The van der Waals surface area contributed by atoms with Crippen LogP contribution in [0, 0.1) is 23.2 Å². The summed E-state index contributed by atoms with van der Waals surface area (Å²) < 4.78 is 11.0. The fourth-order valence-corrected chi connectivity index (χ4v) is 3.34. The Morgan fingerprint density at radius 1 is 1.00 bits per heavy atom. The Balaban J connectivity index is 1.78. The molecule has 3 aromatic rings. The number of rotatable bonds is 5. The van der Waals surface area contributed by atoms with Gasteiger partial charge in [0.1, 0.15) is 12.4 Å². The zero-order chi connectivity index (χ0) is 23.0. The lowest BCUT2D eigenvalue weighted by molar-refractivity contribution is -0.115. The van der Waals surface area contributed by atoms with E-state index >= 15 is 0 Å². The molecule has 0 fully saturated rings. The van der Waals surface area contributed by atoms with Gasteiger partial charge in [-0.3, -0.25) is 4.79 Å². The number of hydrogen-bond donors (Lipinski definition) is 1. The number of hydrogen-bond acceptors (Lipinski definition) is 5. The van der Waals surface area contributed by atoms with Crippen molar-refractivity contribution in [3.05, 3.63) is 89.0 Å². The first-order valence-corrected chi connectivity index (χ1v) is 10.4. The van der Waals surface area contributed by atoms with E-state index in [0.29, 0.717) is 47.2 Å². The highest BCUT2D eigenvalue weighted by Gasteiger charge is 2.20. The summed E-state index contributed by atoms with van der Waals surface area (Å²) in [6.45, 7) is 0.775. The molecular formula is C27H21N3O3. The molecule has 0 spiro atoms. The van der Waals surface area contributed by atoms with E-state index < -0.39 is 0 Å². The van der Waals surface area contributed by atoms with Crippen LogP contribution in [-0.2, 0) is 9.53 Å². The number of methoxy groups -OCH3 is 1. The first-order chi connectivity index (χ1) is 16.2. The Bertz CT molecular complexity index is 1310. The van der Waals surface area contributed by atoms with Gasteiger partial charge in [-0.05, 0) is 35.9 Å². The van der Waals surface area contributed by atoms with Crippen molar-refractivity contribution in [1.82, 2.24) is 0 Å². The zero-order valence-corrected chi connectivity index (χ0v) is 18.1. The molecule has 3 aromatic carbocycles. The number of nitrogens with one attached hydrogen (secondary N) is 1. The molecule has 0 unspecified atom stereocenters. The molecule has 1 heterocycles. The minimum absolute atomic E-state index is 0.0917. The van der Waals surface area contributed by atoms with Crippen LogP contribution in [0.25, 0.3) is 0 Å². The second-order valence-electron chi connectivity index (χ2n) is 7.30. The van der Waals surface area contributed by atoms with Crippen LogP contribution in [0.2, 0.25) is 0 Å². The third-order valence-electron chi connectivity index (χ3n) is 4.94. The molecule has 4 rings (SSSR count). The number of aliphatic imine (C=N–C) groups is 1. The highest BCUT2D eigenvalue weighted by atomic mass is 16.5. The Kier molecular flexibility index (Phi) is 6.80. The summed E-state index contributed by atoms with van der Waals surface area (Å²) in [4.78, 5) is 17.4. The number of anilines is 1. The molecule has 0 radical (unpaired) electrons. The number of ether oxygens (including phenoxy) is 2. The highest BCUT2D eigenvalue weighted by molar-refractivity contribution is 6.17. The van der Waals surface area contributed by atoms with E-state index in [1.54, 1.807) is 37.4 Å². The van der Waals surface area contributed by atoms with Crippen LogP contribution in [0.15, 0.2) is 71.7 Å². The molecule has 33 heavy (non-hydrogen) atoms. The van der Waals surface area contributed by atoms with E-state index in [1.165, 1.54) is 0 Å². The van der Waals surface area contributed by atoms with Gasteiger partial charge < -0.3 is 14.8 Å². The van der Waals surface area contributed by atoms with Crippen LogP contribution in [0.4, 0.5) is 11.4 Å². The first-order valence-electron chi connectivity index (χ1n) is 10.4. The summed E-state index contributed by atoms with van der Waals surface area (Å²) in [6, 6.07) is 22.4. The van der Waals surface area contributed by atoms with E-state index in [2.05, 4.69) is 23.2 Å². The summed E-state index contributed by atoms with van der Waals surface area (Å²) in [5.74, 6) is 6.65. The molecular weight excluding hydrogens is 414 g/mol. The number of nitrogens with zero attached hydrogens (tertiary/aromatic N) is 2. The molecule has 6 nitrogen and oxygen atoms in total. The van der Waals surface area contributed by atoms with Crippen molar-refractivity contribution in [3.8, 4) is 23.7 Å². The zero-order valence-electron chi connectivity index (χ0n) is 18.1. The Labute approximate surface area is 192 Å². The Morgan fingerprint density at radius 2 is 1.82 bits per heavy atom. The average molecular weight is 435 g/mol. The van der Waals surface area contributed by atoms with Crippen LogP contribution in [0.1, 0.15) is 28.7 Å². The smallest absolute Gasteiger partial charge is 0.230 e. The lowest BCUT2D eigenvalue weighted by atomic mass is 10.0. The summed E-state index contributed by atoms with van der Waals surface area (Å²) in [5, 5.41) is 12.1. The predicted octanol–water partition coefficient (Wildman–Crippen LogP) is 4.45. The monoisotopic (exact) mass is 435 g/mol. The third-order valence-corrected chi connectivity index (χ3v) is 4.94. The quantitative estimate of drug-likeness (QED) is 0.474. The van der Waals surface area contributed by atoms with Crippen LogP contribution in [-0.4, -0.2) is 31.9 Å². The molecule has 0 aromatic heterocycles. The van der Waals surface area contributed by atoms with Gasteiger partial charge in [0.05, 0.1) is 47.3 Å². The van der Waals surface area contributed by atoms with E-state index in [0.717, 1.165) is 11.1 Å². The lowest BCUT2D eigenvalue weighted by Crippen LogP contribution is -2.15. The highest BCUT2D eigenvalue weighted by Crippen LogP contribution is 2.35. The van der Waals surface area contributed by atoms with Gasteiger partial charge in [-0.25, -0.2) is 4.99 Å². The van der Waals surface area contributed by atoms with E-state index in [-0.39, 0.29) is 12.3 Å². The van der Waals surface area contributed by atoms with Crippen molar-refractivity contribution in [2.45, 2.75) is 6.42 Å². The topological polar surface area (TPSA) is 83.7 Å². The van der Waals surface area contributed by atoms with Gasteiger partial charge in [-0.1, -0.05) is 42.2 Å². The maximum Gasteiger partial charge on any atom is 0.230 e. The third kappa shape index (κ3) is 5.46. The number of benzene rings is 3. The van der Waals surface area contributed by atoms with Gasteiger partial charge in [-0.15, -0.1) is 0 Å². The first kappa shape index (κ1) is 21.8. The maximum absolute atomic E-state index is 12.6. The van der Waals surface area contributed by atoms with Gasteiger partial charge in [0, 0.05) is 18.7 Å². The van der Waals surface area contributed by atoms with Crippen molar-refractivity contribution in [2.75, 3.05) is 25.6 Å². The molecule has 0 saturated heterocycles. The minimum atomic E-state index is -0.190. The van der Waals surface area contributed by atoms with Crippen LogP contribution >= 0.6 is 0 Å². The molecule has 0 saturated carbocycles. The van der Waals surface area contributed by atoms with Crippen molar-refractivity contribution in [1.29, 1.82) is 5.26 Å². The molecule has 1 amide bonds. The van der Waals surface area contributed by atoms with Crippen LogP contribution < -0.4 is 10.1 Å². The Morgan fingerprint density at radius 3 is 2.61 bits per heavy atom. The molecule has 1 N–H and O–H groups in total. The summed E-state index contributed by atoms with van der Waals surface area (Å²) >= 11 is 0. The number of fused-ring (bicyclic) bond motifs is 1. The molecule has 1 aliphatic rings. The van der Waals surface area contributed by atoms with Gasteiger partial charge >= 0.3 is 0 Å². The van der Waals surface area contributed by atoms with Gasteiger partial charge in [0.25, 0.3) is 0 Å². The van der Waals surface area contributed by atoms with Crippen molar-refractivity contribution in [3.63, 3.8) is 0 Å². The van der Waals surface area contributed by atoms with Gasteiger partial charge in [-0.2, -0.15) is 5.26 Å². The summed E-state index contributed by atoms with van der Waals surface area (Å²) in [6.07, 6.45) is 0.0917. The Hall–Kier alpha value is -4.39. The van der Waals surface area contributed by atoms with Crippen LogP contribution in [0.3, 0.4) is 0 Å². The molecule has 162 valence electrons. The lowest BCUT2D eigenvalue weighted by Gasteiger charge is -2.12. The number of carbonyl (C=O) groups is 1. The predicted molar refractivity (Wildman–Crippen MR) is 127 cm³/mol. The fraction of sp³-hybridized carbons (Fsp3) is 0.148. The second-order valence-corrected chi connectivity index (χ2v) is 7.30. The molecule has 0 aliphatic carbocycles.